The van der Waals surface area contributed by atoms with Gasteiger partial charge in [-0.25, -0.2) is 0 Å². The first-order chi connectivity index (χ1) is 10.3. The summed E-state index contributed by atoms with van der Waals surface area (Å²) in [6.45, 7) is 0. The van der Waals surface area contributed by atoms with Crippen molar-refractivity contribution in [2.24, 2.45) is 0 Å². The van der Waals surface area contributed by atoms with Gasteiger partial charge in [-0.3, -0.25) is 0 Å². The summed E-state index contributed by atoms with van der Waals surface area (Å²) < 4.78 is 0. The summed E-state index contributed by atoms with van der Waals surface area (Å²) in [6.07, 6.45) is 8.78. The zero-order valence-corrected chi connectivity index (χ0v) is 14.9. The minimum Gasteiger partial charge on any atom is -0.306 e. The molecule has 0 saturated heterocycles. The van der Waals surface area contributed by atoms with Crippen molar-refractivity contribution in [3.05, 3.63) is 44.8 Å². The van der Waals surface area contributed by atoms with Crippen LogP contribution in [0.2, 0.25) is 0 Å². The molecule has 2 aromatic rings. The maximum absolute atomic E-state index is 3.95. The molecule has 3 rings (SSSR count). The summed E-state index contributed by atoms with van der Waals surface area (Å²) in [7, 11) is 0. The molecule has 21 heavy (non-hydrogen) atoms. The Morgan fingerprint density at radius 1 is 1.14 bits per heavy atom. The molecule has 0 bridgehead atoms. The first kappa shape index (κ1) is 15.6. The van der Waals surface area contributed by atoms with Crippen LogP contribution in [0.1, 0.15) is 41.5 Å². The molecular formula is C17H23NS3. The van der Waals surface area contributed by atoms with Crippen molar-refractivity contribution < 1.29 is 0 Å². The van der Waals surface area contributed by atoms with Crippen molar-refractivity contribution in [3.8, 4) is 0 Å². The average molecular weight is 338 g/mol. The fourth-order valence-electron chi connectivity index (χ4n) is 3.11. The van der Waals surface area contributed by atoms with Gasteiger partial charge < -0.3 is 5.32 Å². The molecule has 0 radical (unpaired) electrons. The van der Waals surface area contributed by atoms with E-state index in [0.29, 0.717) is 12.1 Å². The Kier molecular flexibility index (Phi) is 5.81. The van der Waals surface area contributed by atoms with Crippen molar-refractivity contribution >= 4 is 34.4 Å². The van der Waals surface area contributed by atoms with E-state index in [0.717, 1.165) is 11.7 Å². The van der Waals surface area contributed by atoms with Crippen LogP contribution >= 0.6 is 34.4 Å². The lowest BCUT2D eigenvalue weighted by molar-refractivity contribution is 0.344. The molecule has 1 nitrogen and oxygen atoms in total. The molecule has 1 N–H and O–H groups in total. The number of hydrogen-bond donors (Lipinski definition) is 1. The number of hydrogen-bond acceptors (Lipinski definition) is 4. The van der Waals surface area contributed by atoms with Crippen LogP contribution in [0.5, 0.6) is 0 Å². The first-order valence-electron chi connectivity index (χ1n) is 7.70. The Morgan fingerprint density at radius 2 is 1.90 bits per heavy atom. The van der Waals surface area contributed by atoms with E-state index in [-0.39, 0.29) is 0 Å². The van der Waals surface area contributed by atoms with Crippen molar-refractivity contribution in [1.82, 2.24) is 5.32 Å². The number of thiophene rings is 2. The van der Waals surface area contributed by atoms with Gasteiger partial charge in [0.25, 0.3) is 0 Å². The summed E-state index contributed by atoms with van der Waals surface area (Å²) in [4.78, 5) is 2.97. The lowest BCUT2D eigenvalue weighted by Crippen LogP contribution is -2.37. The van der Waals surface area contributed by atoms with Crippen LogP contribution in [0.15, 0.2) is 35.0 Å². The molecule has 1 aliphatic rings. The molecular weight excluding hydrogens is 314 g/mol. The SMILES string of the molecule is CSC1CCC(NC(Cc2cccs2)c2cccs2)CC1. The lowest BCUT2D eigenvalue weighted by Gasteiger charge is -2.31. The third kappa shape index (κ3) is 4.35. The Hall–Kier alpha value is -0.290. The maximum Gasteiger partial charge on any atom is 0.0465 e. The zero-order chi connectivity index (χ0) is 14.5. The highest BCUT2D eigenvalue weighted by molar-refractivity contribution is 7.99. The third-order valence-corrected chi connectivity index (χ3v) is 7.34. The summed E-state index contributed by atoms with van der Waals surface area (Å²) in [5, 5.41) is 9.22. The zero-order valence-electron chi connectivity index (χ0n) is 12.5. The minimum atomic E-state index is 0.486. The summed E-state index contributed by atoms with van der Waals surface area (Å²) in [5.74, 6) is 0. The predicted molar refractivity (Wildman–Crippen MR) is 97.8 cm³/mol. The molecule has 2 aromatic heterocycles. The van der Waals surface area contributed by atoms with Gasteiger partial charge in [-0.15, -0.1) is 22.7 Å². The van der Waals surface area contributed by atoms with E-state index in [2.05, 4.69) is 46.6 Å². The molecule has 0 spiro atoms. The molecule has 1 saturated carbocycles. The maximum atomic E-state index is 3.95. The lowest BCUT2D eigenvalue weighted by atomic mass is 9.94. The second-order valence-corrected chi connectivity index (χ2v) is 8.88. The predicted octanol–water partition coefficient (Wildman–Crippen LogP) is 5.36. The second-order valence-electron chi connectivity index (χ2n) is 5.73. The molecule has 1 fully saturated rings. The number of thioether (sulfide) groups is 1. The molecule has 1 unspecified atom stereocenters. The Bertz CT molecular complexity index is 498. The Morgan fingerprint density at radius 3 is 2.52 bits per heavy atom. The van der Waals surface area contributed by atoms with Gasteiger partial charge >= 0.3 is 0 Å². The van der Waals surface area contributed by atoms with Gasteiger partial charge in [0.1, 0.15) is 0 Å². The van der Waals surface area contributed by atoms with E-state index in [1.54, 1.807) is 0 Å². The largest absolute Gasteiger partial charge is 0.306 e. The van der Waals surface area contributed by atoms with Gasteiger partial charge in [0, 0.05) is 33.5 Å². The van der Waals surface area contributed by atoms with E-state index in [1.165, 1.54) is 35.4 Å². The minimum absolute atomic E-state index is 0.486. The van der Waals surface area contributed by atoms with E-state index < -0.39 is 0 Å². The van der Waals surface area contributed by atoms with E-state index in [4.69, 9.17) is 0 Å². The van der Waals surface area contributed by atoms with Crippen molar-refractivity contribution in [2.45, 2.75) is 49.4 Å². The Labute approximate surface area is 140 Å². The van der Waals surface area contributed by atoms with Crippen molar-refractivity contribution in [2.75, 3.05) is 6.26 Å². The molecule has 1 atom stereocenters. The molecule has 0 amide bonds. The van der Waals surface area contributed by atoms with Crippen molar-refractivity contribution in [1.29, 1.82) is 0 Å². The molecule has 114 valence electrons. The highest BCUT2D eigenvalue weighted by Crippen LogP contribution is 2.30. The second kappa shape index (κ2) is 7.82. The van der Waals surface area contributed by atoms with Gasteiger partial charge in [0.2, 0.25) is 0 Å². The quantitative estimate of drug-likeness (QED) is 0.762. The summed E-state index contributed by atoms with van der Waals surface area (Å²) in [6, 6.07) is 10.1. The standard InChI is InChI=1S/C17H23NS3/c1-19-14-8-6-13(7-9-14)18-16(17-5-3-11-21-17)12-15-4-2-10-20-15/h2-5,10-11,13-14,16,18H,6-9,12H2,1H3. The van der Waals surface area contributed by atoms with Crippen LogP contribution in [-0.4, -0.2) is 17.5 Å². The van der Waals surface area contributed by atoms with Gasteiger partial charge in [0.15, 0.2) is 0 Å². The highest BCUT2D eigenvalue weighted by Gasteiger charge is 2.24. The topological polar surface area (TPSA) is 12.0 Å². The average Bonchev–Trinajstić information content (AvgIpc) is 3.21. The van der Waals surface area contributed by atoms with Gasteiger partial charge in [-0.2, -0.15) is 11.8 Å². The van der Waals surface area contributed by atoms with Crippen LogP contribution in [0.25, 0.3) is 0 Å². The first-order valence-corrected chi connectivity index (χ1v) is 10.7. The normalized spacial score (nSPS) is 24.0. The van der Waals surface area contributed by atoms with E-state index in [1.807, 2.05) is 34.4 Å². The van der Waals surface area contributed by atoms with Crippen LogP contribution in [-0.2, 0) is 6.42 Å². The molecule has 0 aromatic carbocycles. The van der Waals surface area contributed by atoms with E-state index in [9.17, 15) is 0 Å². The molecule has 4 heteroatoms. The number of rotatable bonds is 6. The van der Waals surface area contributed by atoms with Gasteiger partial charge in [-0.1, -0.05) is 12.1 Å². The molecule has 0 aliphatic heterocycles. The smallest absolute Gasteiger partial charge is 0.0465 e. The van der Waals surface area contributed by atoms with Crippen LogP contribution in [0.3, 0.4) is 0 Å². The molecule has 2 heterocycles. The van der Waals surface area contributed by atoms with Gasteiger partial charge in [-0.05, 0) is 54.8 Å². The Balaban J connectivity index is 1.63. The third-order valence-electron chi connectivity index (χ3n) is 4.32. The number of nitrogens with one attached hydrogen (secondary N) is 1. The van der Waals surface area contributed by atoms with E-state index >= 15 is 0 Å². The van der Waals surface area contributed by atoms with Crippen LogP contribution < -0.4 is 5.32 Å². The van der Waals surface area contributed by atoms with Crippen LogP contribution in [0.4, 0.5) is 0 Å². The summed E-state index contributed by atoms with van der Waals surface area (Å²) in [5.41, 5.74) is 0. The van der Waals surface area contributed by atoms with Crippen molar-refractivity contribution in [3.63, 3.8) is 0 Å². The van der Waals surface area contributed by atoms with Crippen LogP contribution in [0, 0.1) is 0 Å². The monoisotopic (exact) mass is 337 g/mol. The fourth-order valence-corrected chi connectivity index (χ4v) is 5.39. The van der Waals surface area contributed by atoms with Gasteiger partial charge in [0.05, 0.1) is 0 Å². The highest BCUT2D eigenvalue weighted by atomic mass is 32.2. The fraction of sp³-hybridized carbons (Fsp3) is 0.529. The summed E-state index contributed by atoms with van der Waals surface area (Å²) >= 11 is 5.80. The molecule has 1 aliphatic carbocycles.